The van der Waals surface area contributed by atoms with Gasteiger partial charge in [-0.15, -0.1) is 0 Å². The quantitative estimate of drug-likeness (QED) is 0.675. The molecule has 0 saturated carbocycles. The van der Waals surface area contributed by atoms with E-state index in [9.17, 15) is 9.59 Å². The van der Waals surface area contributed by atoms with Crippen molar-refractivity contribution < 1.29 is 9.59 Å². The van der Waals surface area contributed by atoms with Gasteiger partial charge in [-0.05, 0) is 30.9 Å². The monoisotopic (exact) mass is 403 g/mol. The Morgan fingerprint density at radius 3 is 2.43 bits per heavy atom. The number of nitrogens with zero attached hydrogens (tertiary/aromatic N) is 2. The highest BCUT2D eigenvalue weighted by atomic mass is 16.2. The average molecular weight is 404 g/mol. The number of nitrogens with one attached hydrogen (secondary N) is 1. The molecule has 1 saturated heterocycles. The van der Waals surface area contributed by atoms with Crippen molar-refractivity contribution in [1.29, 1.82) is 0 Å². The van der Waals surface area contributed by atoms with E-state index >= 15 is 0 Å². The molecule has 4 rings (SSSR count). The fourth-order valence-electron chi connectivity index (χ4n) is 4.24. The first-order valence-corrected chi connectivity index (χ1v) is 10.9. The van der Waals surface area contributed by atoms with Gasteiger partial charge in [0.15, 0.2) is 0 Å². The number of hydrogen-bond donors (Lipinski definition) is 1. The Labute approximate surface area is 177 Å². The standard InChI is InChI=1S/C25H29N3O2/c1-2-14-26-24(29)20-12-15-27(16-13-20)25(30)22-18-28(17-19-8-4-3-5-9-19)23-11-7-6-10-21(22)23/h3-11,18,20H,2,12-17H2,1H3,(H,26,29). The summed E-state index contributed by atoms with van der Waals surface area (Å²) in [5, 5.41) is 3.97. The lowest BCUT2D eigenvalue weighted by Crippen LogP contribution is -2.43. The normalized spacial score (nSPS) is 14.8. The Morgan fingerprint density at radius 2 is 1.70 bits per heavy atom. The smallest absolute Gasteiger partial charge is 0.256 e. The Balaban J connectivity index is 1.51. The number of piperidine rings is 1. The zero-order chi connectivity index (χ0) is 20.9. The van der Waals surface area contributed by atoms with E-state index in [4.69, 9.17) is 0 Å². The molecule has 156 valence electrons. The van der Waals surface area contributed by atoms with E-state index in [2.05, 4.69) is 35.0 Å². The third-order valence-corrected chi connectivity index (χ3v) is 5.92. The molecule has 1 N–H and O–H groups in total. The molecule has 5 nitrogen and oxygen atoms in total. The Morgan fingerprint density at radius 1 is 1.00 bits per heavy atom. The predicted octanol–water partition coefficient (Wildman–Crippen LogP) is 4.07. The number of hydrogen-bond acceptors (Lipinski definition) is 2. The van der Waals surface area contributed by atoms with Crippen molar-refractivity contribution in [1.82, 2.24) is 14.8 Å². The summed E-state index contributed by atoms with van der Waals surface area (Å²) >= 11 is 0. The van der Waals surface area contributed by atoms with Gasteiger partial charge in [0.25, 0.3) is 5.91 Å². The maximum atomic E-state index is 13.3. The fraction of sp³-hybridized carbons (Fsp3) is 0.360. The molecule has 0 atom stereocenters. The van der Waals surface area contributed by atoms with Crippen molar-refractivity contribution in [2.75, 3.05) is 19.6 Å². The lowest BCUT2D eigenvalue weighted by atomic mass is 9.95. The number of amides is 2. The van der Waals surface area contributed by atoms with E-state index in [0.717, 1.165) is 48.8 Å². The number of likely N-dealkylation sites (tertiary alicyclic amines) is 1. The molecule has 0 radical (unpaired) electrons. The molecular weight excluding hydrogens is 374 g/mol. The minimum absolute atomic E-state index is 0.0139. The van der Waals surface area contributed by atoms with Gasteiger partial charge in [-0.2, -0.15) is 0 Å². The summed E-state index contributed by atoms with van der Waals surface area (Å²) in [6.45, 7) is 4.76. The molecule has 1 aromatic heterocycles. The zero-order valence-corrected chi connectivity index (χ0v) is 17.5. The molecule has 3 aromatic rings. The molecule has 0 spiro atoms. The molecule has 2 amide bonds. The molecule has 0 bridgehead atoms. The minimum atomic E-state index is 0.0139. The number of rotatable bonds is 6. The average Bonchev–Trinajstić information content (AvgIpc) is 3.16. The number of benzene rings is 2. The van der Waals surface area contributed by atoms with Gasteiger partial charge in [0, 0.05) is 49.2 Å². The second-order valence-corrected chi connectivity index (χ2v) is 8.03. The van der Waals surface area contributed by atoms with E-state index in [0.29, 0.717) is 13.1 Å². The highest BCUT2D eigenvalue weighted by Crippen LogP contribution is 2.26. The van der Waals surface area contributed by atoms with Crippen LogP contribution < -0.4 is 5.32 Å². The first kappa shape index (κ1) is 20.2. The van der Waals surface area contributed by atoms with Crippen LogP contribution in [0.25, 0.3) is 10.9 Å². The highest BCUT2D eigenvalue weighted by Gasteiger charge is 2.29. The third-order valence-electron chi connectivity index (χ3n) is 5.92. The Kier molecular flexibility index (Phi) is 6.17. The summed E-state index contributed by atoms with van der Waals surface area (Å²) < 4.78 is 2.16. The molecule has 1 fully saturated rings. The van der Waals surface area contributed by atoms with Crippen LogP contribution in [0.2, 0.25) is 0 Å². The van der Waals surface area contributed by atoms with Crippen molar-refractivity contribution >= 4 is 22.7 Å². The minimum Gasteiger partial charge on any atom is -0.356 e. The SMILES string of the molecule is CCCNC(=O)C1CCN(C(=O)c2cn(Cc3ccccc3)c3ccccc23)CC1. The number of fused-ring (bicyclic) bond motifs is 1. The summed E-state index contributed by atoms with van der Waals surface area (Å²) in [5.74, 6) is 0.203. The predicted molar refractivity (Wildman–Crippen MR) is 119 cm³/mol. The van der Waals surface area contributed by atoms with Gasteiger partial charge in [-0.25, -0.2) is 0 Å². The number of para-hydroxylation sites is 1. The summed E-state index contributed by atoms with van der Waals surface area (Å²) in [6.07, 6.45) is 4.38. The van der Waals surface area contributed by atoms with Crippen LogP contribution in [-0.4, -0.2) is 40.9 Å². The van der Waals surface area contributed by atoms with Crippen molar-refractivity contribution in [3.05, 3.63) is 71.9 Å². The molecule has 2 heterocycles. The van der Waals surface area contributed by atoms with Crippen LogP contribution in [0.3, 0.4) is 0 Å². The molecule has 0 unspecified atom stereocenters. The van der Waals surface area contributed by atoms with E-state index < -0.39 is 0 Å². The van der Waals surface area contributed by atoms with E-state index in [1.165, 1.54) is 5.56 Å². The second-order valence-electron chi connectivity index (χ2n) is 8.03. The van der Waals surface area contributed by atoms with Crippen molar-refractivity contribution in [2.45, 2.75) is 32.7 Å². The fourth-order valence-corrected chi connectivity index (χ4v) is 4.24. The second kappa shape index (κ2) is 9.16. The van der Waals surface area contributed by atoms with Crippen LogP contribution in [0.1, 0.15) is 42.1 Å². The molecule has 2 aromatic carbocycles. The summed E-state index contributed by atoms with van der Waals surface area (Å²) in [6, 6.07) is 18.4. The highest BCUT2D eigenvalue weighted by molar-refractivity contribution is 6.07. The molecule has 1 aliphatic heterocycles. The summed E-state index contributed by atoms with van der Waals surface area (Å²) in [5.41, 5.74) is 3.02. The van der Waals surface area contributed by atoms with E-state index in [1.54, 1.807) is 0 Å². The van der Waals surface area contributed by atoms with Gasteiger partial charge in [-0.1, -0.05) is 55.5 Å². The first-order chi connectivity index (χ1) is 14.7. The van der Waals surface area contributed by atoms with Gasteiger partial charge in [0.2, 0.25) is 5.91 Å². The van der Waals surface area contributed by atoms with Crippen molar-refractivity contribution in [2.24, 2.45) is 5.92 Å². The van der Waals surface area contributed by atoms with Crippen LogP contribution in [0, 0.1) is 5.92 Å². The lowest BCUT2D eigenvalue weighted by Gasteiger charge is -2.31. The summed E-state index contributed by atoms with van der Waals surface area (Å²) in [7, 11) is 0. The zero-order valence-electron chi connectivity index (χ0n) is 17.5. The van der Waals surface area contributed by atoms with Crippen molar-refractivity contribution in [3.63, 3.8) is 0 Å². The van der Waals surface area contributed by atoms with Crippen LogP contribution in [0.5, 0.6) is 0 Å². The largest absolute Gasteiger partial charge is 0.356 e. The maximum absolute atomic E-state index is 13.3. The van der Waals surface area contributed by atoms with E-state index in [1.807, 2.05) is 47.5 Å². The number of aromatic nitrogens is 1. The third kappa shape index (κ3) is 4.25. The molecule has 5 heteroatoms. The van der Waals surface area contributed by atoms with Crippen LogP contribution >= 0.6 is 0 Å². The Bertz CT molecular complexity index is 1020. The van der Waals surface area contributed by atoms with Gasteiger partial charge in [0.05, 0.1) is 5.56 Å². The lowest BCUT2D eigenvalue weighted by molar-refractivity contribution is -0.126. The van der Waals surface area contributed by atoms with Crippen molar-refractivity contribution in [3.8, 4) is 0 Å². The number of carbonyl (C=O) groups is 2. The maximum Gasteiger partial charge on any atom is 0.256 e. The van der Waals surface area contributed by atoms with Crippen LogP contribution in [0.15, 0.2) is 60.8 Å². The summed E-state index contributed by atoms with van der Waals surface area (Å²) in [4.78, 5) is 27.5. The number of carbonyl (C=O) groups excluding carboxylic acids is 2. The van der Waals surface area contributed by atoms with Gasteiger partial charge >= 0.3 is 0 Å². The van der Waals surface area contributed by atoms with Gasteiger partial charge < -0.3 is 14.8 Å². The van der Waals surface area contributed by atoms with Crippen LogP contribution in [-0.2, 0) is 11.3 Å². The molecular formula is C25H29N3O2. The topological polar surface area (TPSA) is 54.3 Å². The first-order valence-electron chi connectivity index (χ1n) is 10.9. The van der Waals surface area contributed by atoms with Crippen LogP contribution in [0.4, 0.5) is 0 Å². The molecule has 0 aliphatic carbocycles. The molecule has 30 heavy (non-hydrogen) atoms. The van der Waals surface area contributed by atoms with E-state index in [-0.39, 0.29) is 17.7 Å². The molecule has 1 aliphatic rings. The van der Waals surface area contributed by atoms with Gasteiger partial charge in [0.1, 0.15) is 0 Å². The van der Waals surface area contributed by atoms with Gasteiger partial charge in [-0.3, -0.25) is 9.59 Å². The Hall–Kier alpha value is -3.08.